The maximum Gasteiger partial charge on any atom is 0.246 e. The fraction of sp³-hybridized carbons (Fsp3) is 0.529. The Morgan fingerprint density at radius 1 is 1.21 bits per heavy atom. The molecule has 0 radical (unpaired) electrons. The van der Waals surface area contributed by atoms with Gasteiger partial charge in [-0.3, -0.25) is 4.79 Å². The lowest BCUT2D eigenvalue weighted by Crippen LogP contribution is -2.45. The van der Waals surface area contributed by atoms with Crippen LogP contribution in [0.3, 0.4) is 0 Å². The van der Waals surface area contributed by atoms with E-state index < -0.39 is 0 Å². The number of anilines is 1. The van der Waals surface area contributed by atoms with Gasteiger partial charge >= 0.3 is 0 Å². The second-order valence-electron chi connectivity index (χ2n) is 5.76. The topological polar surface area (TPSA) is 85.8 Å². The van der Waals surface area contributed by atoms with Crippen molar-refractivity contribution < 1.29 is 9.90 Å². The third kappa shape index (κ3) is 7.48. The molecule has 134 valence electrons. The van der Waals surface area contributed by atoms with Crippen LogP contribution in [0, 0.1) is 0 Å². The lowest BCUT2D eigenvalue weighted by Gasteiger charge is -2.27. The highest BCUT2D eigenvalue weighted by atomic mass is 127. The molecule has 7 heteroatoms. The van der Waals surface area contributed by atoms with E-state index in [0.29, 0.717) is 12.0 Å². The Bertz CT molecular complexity index is 517. The van der Waals surface area contributed by atoms with Crippen LogP contribution in [0.1, 0.15) is 32.6 Å². The molecule has 0 aliphatic heterocycles. The number of hydrogen-bond donors (Lipinski definition) is 4. The largest absolute Gasteiger partial charge is 0.393 e. The smallest absolute Gasteiger partial charge is 0.246 e. The van der Waals surface area contributed by atoms with Crippen molar-refractivity contribution in [2.45, 2.75) is 44.8 Å². The third-order valence-electron chi connectivity index (χ3n) is 3.82. The van der Waals surface area contributed by atoms with Crippen LogP contribution >= 0.6 is 24.0 Å². The van der Waals surface area contributed by atoms with Gasteiger partial charge in [-0.2, -0.15) is 0 Å². The standard InChI is InChI=1S/C17H26N4O2.HI/c1-2-18-17(21-14-8-10-15(22)11-9-14)19-12-16(23)20-13-6-4-3-5-7-13;/h3-7,14-15,22H,2,8-12H2,1H3,(H,20,23)(H2,18,19,21);1H. The Morgan fingerprint density at radius 3 is 2.50 bits per heavy atom. The van der Waals surface area contributed by atoms with E-state index >= 15 is 0 Å². The van der Waals surface area contributed by atoms with Gasteiger partial charge in [-0.15, -0.1) is 24.0 Å². The number of nitrogens with zero attached hydrogens (tertiary/aromatic N) is 1. The number of benzene rings is 1. The molecule has 0 unspecified atom stereocenters. The van der Waals surface area contributed by atoms with E-state index in [1.54, 1.807) is 0 Å². The summed E-state index contributed by atoms with van der Waals surface area (Å²) in [7, 11) is 0. The van der Waals surface area contributed by atoms with Crippen LogP contribution in [-0.2, 0) is 4.79 Å². The molecule has 1 aromatic rings. The van der Waals surface area contributed by atoms with Gasteiger partial charge in [-0.1, -0.05) is 18.2 Å². The van der Waals surface area contributed by atoms with E-state index in [-0.39, 0.29) is 42.5 Å². The quantitative estimate of drug-likeness (QED) is 0.317. The molecule has 1 amide bonds. The zero-order chi connectivity index (χ0) is 16.5. The van der Waals surface area contributed by atoms with Crippen molar-refractivity contribution in [2.24, 2.45) is 4.99 Å². The van der Waals surface area contributed by atoms with E-state index in [4.69, 9.17) is 0 Å². The molecule has 1 aliphatic carbocycles. The lowest BCUT2D eigenvalue weighted by molar-refractivity contribution is -0.114. The first-order valence-electron chi connectivity index (χ1n) is 8.25. The number of para-hydroxylation sites is 1. The molecule has 0 aromatic heterocycles. The molecule has 0 atom stereocenters. The molecule has 0 spiro atoms. The number of rotatable bonds is 5. The van der Waals surface area contributed by atoms with Crippen LogP contribution in [-0.4, -0.2) is 42.2 Å². The molecule has 0 bridgehead atoms. The van der Waals surface area contributed by atoms with Gasteiger partial charge in [-0.05, 0) is 44.7 Å². The van der Waals surface area contributed by atoms with E-state index in [1.165, 1.54) is 0 Å². The van der Waals surface area contributed by atoms with Crippen molar-refractivity contribution in [3.63, 3.8) is 0 Å². The fourth-order valence-electron chi connectivity index (χ4n) is 2.61. The summed E-state index contributed by atoms with van der Waals surface area (Å²) in [4.78, 5) is 16.3. The molecule has 0 saturated heterocycles. The average Bonchev–Trinajstić information content (AvgIpc) is 2.56. The first kappa shape index (κ1) is 20.7. The van der Waals surface area contributed by atoms with Crippen LogP contribution in [0.2, 0.25) is 0 Å². The Labute approximate surface area is 160 Å². The molecule has 1 saturated carbocycles. The van der Waals surface area contributed by atoms with Crippen molar-refractivity contribution in [3.8, 4) is 0 Å². The summed E-state index contributed by atoms with van der Waals surface area (Å²) in [5.74, 6) is 0.504. The van der Waals surface area contributed by atoms with Crippen LogP contribution in [0.25, 0.3) is 0 Å². The first-order valence-corrected chi connectivity index (χ1v) is 8.25. The van der Waals surface area contributed by atoms with Gasteiger partial charge in [0.25, 0.3) is 0 Å². The van der Waals surface area contributed by atoms with Crippen molar-refractivity contribution >= 4 is 41.5 Å². The number of guanidine groups is 1. The van der Waals surface area contributed by atoms with Crippen molar-refractivity contribution in [1.29, 1.82) is 0 Å². The molecular formula is C17H27IN4O2. The highest BCUT2D eigenvalue weighted by molar-refractivity contribution is 14.0. The van der Waals surface area contributed by atoms with Crippen LogP contribution in [0.15, 0.2) is 35.3 Å². The minimum absolute atomic E-state index is 0. The number of aliphatic imine (C=N–C) groups is 1. The summed E-state index contributed by atoms with van der Waals surface area (Å²) in [5.41, 5.74) is 0.770. The summed E-state index contributed by atoms with van der Waals surface area (Å²) in [6, 6.07) is 9.65. The Kier molecular flexibility index (Phi) is 9.70. The maximum absolute atomic E-state index is 11.9. The number of aliphatic hydroxyl groups is 1. The first-order chi connectivity index (χ1) is 11.2. The minimum atomic E-state index is -0.177. The zero-order valence-corrected chi connectivity index (χ0v) is 16.3. The van der Waals surface area contributed by atoms with Gasteiger partial charge in [0.2, 0.25) is 5.91 Å². The molecule has 2 rings (SSSR count). The average molecular weight is 446 g/mol. The molecule has 1 aliphatic rings. The predicted octanol–water partition coefficient (Wildman–Crippen LogP) is 2.10. The molecular weight excluding hydrogens is 419 g/mol. The Morgan fingerprint density at radius 2 is 1.88 bits per heavy atom. The summed E-state index contributed by atoms with van der Waals surface area (Å²) in [5, 5.41) is 18.9. The third-order valence-corrected chi connectivity index (χ3v) is 3.82. The number of halogens is 1. The van der Waals surface area contributed by atoms with Gasteiger partial charge in [0, 0.05) is 18.3 Å². The van der Waals surface area contributed by atoms with Crippen LogP contribution in [0.4, 0.5) is 5.69 Å². The van der Waals surface area contributed by atoms with E-state index in [1.807, 2.05) is 37.3 Å². The number of nitrogens with one attached hydrogen (secondary N) is 3. The van der Waals surface area contributed by atoms with Gasteiger partial charge in [0.1, 0.15) is 6.54 Å². The second-order valence-corrected chi connectivity index (χ2v) is 5.76. The van der Waals surface area contributed by atoms with Crippen LogP contribution < -0.4 is 16.0 Å². The van der Waals surface area contributed by atoms with Crippen molar-refractivity contribution in [2.75, 3.05) is 18.4 Å². The lowest BCUT2D eigenvalue weighted by atomic mass is 9.93. The number of aliphatic hydroxyl groups excluding tert-OH is 1. The maximum atomic E-state index is 11.9. The SMILES string of the molecule is CCNC(=NCC(=O)Nc1ccccc1)NC1CCC(O)CC1.I. The zero-order valence-electron chi connectivity index (χ0n) is 14.0. The summed E-state index contributed by atoms with van der Waals surface area (Å²) < 4.78 is 0. The van der Waals surface area contributed by atoms with Gasteiger partial charge < -0.3 is 21.1 Å². The Balaban J connectivity index is 0.00000288. The molecule has 1 aromatic carbocycles. The van der Waals surface area contributed by atoms with E-state index in [9.17, 15) is 9.90 Å². The highest BCUT2D eigenvalue weighted by Crippen LogP contribution is 2.18. The minimum Gasteiger partial charge on any atom is -0.393 e. The number of carbonyl (C=O) groups is 1. The van der Waals surface area contributed by atoms with E-state index in [0.717, 1.165) is 37.9 Å². The highest BCUT2D eigenvalue weighted by Gasteiger charge is 2.20. The van der Waals surface area contributed by atoms with Crippen LogP contribution in [0.5, 0.6) is 0 Å². The van der Waals surface area contributed by atoms with Gasteiger partial charge in [0.05, 0.1) is 6.10 Å². The van der Waals surface area contributed by atoms with Crippen molar-refractivity contribution in [1.82, 2.24) is 10.6 Å². The van der Waals surface area contributed by atoms with Crippen molar-refractivity contribution in [3.05, 3.63) is 30.3 Å². The molecule has 6 nitrogen and oxygen atoms in total. The summed E-state index contributed by atoms with van der Waals surface area (Å²) >= 11 is 0. The molecule has 4 N–H and O–H groups in total. The monoisotopic (exact) mass is 446 g/mol. The molecule has 0 heterocycles. The second kappa shape index (κ2) is 11.2. The normalized spacial score (nSPS) is 20.7. The predicted molar refractivity (Wildman–Crippen MR) is 108 cm³/mol. The van der Waals surface area contributed by atoms with Gasteiger partial charge in [0.15, 0.2) is 5.96 Å². The van der Waals surface area contributed by atoms with E-state index in [2.05, 4.69) is 20.9 Å². The number of hydrogen-bond acceptors (Lipinski definition) is 3. The summed E-state index contributed by atoms with van der Waals surface area (Å²) in [6.07, 6.45) is 3.28. The Hall–Kier alpha value is -1.35. The molecule has 24 heavy (non-hydrogen) atoms. The fourth-order valence-corrected chi connectivity index (χ4v) is 2.61. The molecule has 1 fully saturated rings. The number of carbonyl (C=O) groups excluding carboxylic acids is 1. The van der Waals surface area contributed by atoms with Gasteiger partial charge in [-0.25, -0.2) is 4.99 Å². The summed E-state index contributed by atoms with van der Waals surface area (Å²) in [6.45, 7) is 2.80. The number of amides is 1.